The van der Waals surface area contributed by atoms with E-state index in [0.717, 1.165) is 0 Å². The molecule has 0 heterocycles. The van der Waals surface area contributed by atoms with E-state index in [1.165, 1.54) is 24.3 Å². The summed E-state index contributed by atoms with van der Waals surface area (Å²) in [5, 5.41) is 50.2. The zero-order valence-electron chi connectivity index (χ0n) is 13.3. The van der Waals surface area contributed by atoms with Crippen LogP contribution in [0.15, 0.2) is 35.9 Å². The largest absolute Gasteiger partial charge is 0.504 e. The summed E-state index contributed by atoms with van der Waals surface area (Å²) >= 11 is 5.20. The van der Waals surface area contributed by atoms with Gasteiger partial charge in [-0.2, -0.15) is 5.26 Å². The molecule has 0 spiro atoms. The van der Waals surface area contributed by atoms with Crippen molar-refractivity contribution in [1.29, 1.82) is 5.26 Å². The Morgan fingerprint density at radius 1 is 1.12 bits per heavy atom. The van der Waals surface area contributed by atoms with Crippen LogP contribution in [0, 0.1) is 18.3 Å². The van der Waals surface area contributed by atoms with Crippen molar-refractivity contribution < 1.29 is 20.4 Å². The molecular weight excluding hydrogens is 340 g/mol. The molecule has 0 aliphatic rings. The molecule has 0 fully saturated rings. The summed E-state index contributed by atoms with van der Waals surface area (Å²) in [7, 11) is 0. The Balaban J connectivity index is 2.15. The van der Waals surface area contributed by atoms with Gasteiger partial charge in [-0.1, -0.05) is 18.3 Å². The second-order valence-electron chi connectivity index (χ2n) is 5.38. The molecule has 2 rings (SSSR count). The number of rotatable bonds is 4. The summed E-state index contributed by atoms with van der Waals surface area (Å²) in [6, 6.07) is 9.30. The molecule has 128 valence electrons. The molecule has 2 aromatic rings. The standard InChI is InChI=1S/C18H16N2O4S/c1-10-4-12(7-16(23)17(10)24)5-13(8-19)18(25)20-9-11-2-3-14(21)15(22)6-11/h2-7,21-24H,9H2,1H3,(H,20,25). The van der Waals surface area contributed by atoms with Crippen molar-refractivity contribution in [2.75, 3.05) is 0 Å². The van der Waals surface area contributed by atoms with Crippen molar-refractivity contribution >= 4 is 23.3 Å². The Bertz CT molecular complexity index is 877. The molecule has 0 bridgehead atoms. The lowest BCUT2D eigenvalue weighted by Gasteiger charge is -2.09. The lowest BCUT2D eigenvalue weighted by molar-refractivity contribution is 0.401. The molecule has 7 heteroatoms. The maximum atomic E-state index is 9.65. The van der Waals surface area contributed by atoms with Gasteiger partial charge in [0.05, 0.1) is 5.57 Å². The molecule has 2 aromatic carbocycles. The van der Waals surface area contributed by atoms with E-state index in [1.54, 1.807) is 19.1 Å². The SMILES string of the molecule is Cc1cc(C=C(C#N)C(=S)NCc2ccc(O)c(O)c2)cc(O)c1O. The van der Waals surface area contributed by atoms with Crippen LogP contribution in [0.3, 0.4) is 0 Å². The fourth-order valence-corrected chi connectivity index (χ4v) is 2.32. The number of phenolic OH excluding ortho intramolecular Hbond substituents is 4. The van der Waals surface area contributed by atoms with Crippen LogP contribution >= 0.6 is 12.2 Å². The van der Waals surface area contributed by atoms with Crippen molar-refractivity contribution in [1.82, 2.24) is 5.32 Å². The minimum absolute atomic E-state index is 0.183. The average molecular weight is 356 g/mol. The third-order valence-electron chi connectivity index (χ3n) is 3.47. The maximum absolute atomic E-state index is 9.65. The Labute approximate surface area is 149 Å². The highest BCUT2D eigenvalue weighted by Gasteiger charge is 2.09. The molecule has 0 saturated heterocycles. The molecule has 0 atom stereocenters. The summed E-state index contributed by atoms with van der Waals surface area (Å²) in [6.07, 6.45) is 1.50. The molecule has 0 unspecified atom stereocenters. The molecule has 0 aliphatic carbocycles. The first-order chi connectivity index (χ1) is 11.8. The zero-order valence-corrected chi connectivity index (χ0v) is 14.1. The van der Waals surface area contributed by atoms with E-state index in [2.05, 4.69) is 5.32 Å². The molecule has 0 saturated carbocycles. The Kier molecular flexibility index (Phi) is 5.47. The molecule has 6 nitrogen and oxygen atoms in total. The summed E-state index contributed by atoms with van der Waals surface area (Å²) in [5.41, 5.74) is 1.85. The second kappa shape index (κ2) is 7.55. The van der Waals surface area contributed by atoms with Crippen LogP contribution in [-0.4, -0.2) is 25.4 Å². The van der Waals surface area contributed by atoms with Crippen molar-refractivity contribution in [3.8, 4) is 29.1 Å². The number of aryl methyl sites for hydroxylation is 1. The van der Waals surface area contributed by atoms with Crippen LogP contribution in [-0.2, 0) is 6.54 Å². The predicted octanol–water partition coefficient (Wildman–Crippen LogP) is 2.84. The quantitative estimate of drug-likeness (QED) is 0.247. The van der Waals surface area contributed by atoms with Gasteiger partial charge >= 0.3 is 0 Å². The van der Waals surface area contributed by atoms with E-state index < -0.39 is 0 Å². The molecule has 0 aromatic heterocycles. The molecule has 0 aliphatic heterocycles. The third kappa shape index (κ3) is 4.40. The summed E-state index contributed by atoms with van der Waals surface area (Å²) < 4.78 is 0. The number of phenols is 4. The highest BCUT2D eigenvalue weighted by atomic mass is 32.1. The van der Waals surface area contributed by atoms with E-state index in [0.29, 0.717) is 16.7 Å². The van der Waals surface area contributed by atoms with Crippen LogP contribution in [0.4, 0.5) is 0 Å². The van der Waals surface area contributed by atoms with Gasteiger partial charge in [0, 0.05) is 6.54 Å². The third-order valence-corrected chi connectivity index (χ3v) is 3.84. The first-order valence-electron chi connectivity index (χ1n) is 7.25. The van der Waals surface area contributed by atoms with Crippen molar-refractivity contribution in [3.05, 3.63) is 52.6 Å². The smallest absolute Gasteiger partial charge is 0.160 e. The van der Waals surface area contributed by atoms with Gasteiger partial charge in [0.2, 0.25) is 0 Å². The van der Waals surface area contributed by atoms with Gasteiger partial charge in [-0.05, 0) is 54.0 Å². The van der Waals surface area contributed by atoms with Gasteiger partial charge in [0.25, 0.3) is 0 Å². The average Bonchev–Trinajstić information content (AvgIpc) is 2.58. The summed E-state index contributed by atoms with van der Waals surface area (Å²) in [6.45, 7) is 1.89. The molecular formula is C18H16N2O4S. The van der Waals surface area contributed by atoms with Crippen LogP contribution in [0.1, 0.15) is 16.7 Å². The van der Waals surface area contributed by atoms with Gasteiger partial charge < -0.3 is 25.7 Å². The van der Waals surface area contributed by atoms with E-state index in [1.807, 2.05) is 6.07 Å². The fourth-order valence-electron chi connectivity index (χ4n) is 2.14. The van der Waals surface area contributed by atoms with Gasteiger partial charge in [-0.3, -0.25) is 0 Å². The molecule has 0 amide bonds. The molecule has 0 radical (unpaired) electrons. The van der Waals surface area contributed by atoms with Crippen molar-refractivity contribution in [2.45, 2.75) is 13.5 Å². The summed E-state index contributed by atoms with van der Waals surface area (Å²) in [5.74, 6) is -0.937. The lowest BCUT2D eigenvalue weighted by Crippen LogP contribution is -2.22. The van der Waals surface area contributed by atoms with Gasteiger partial charge in [-0.25, -0.2) is 0 Å². The van der Waals surface area contributed by atoms with Crippen LogP contribution in [0.5, 0.6) is 23.0 Å². The number of thiocarbonyl (C=S) groups is 1. The lowest BCUT2D eigenvalue weighted by atomic mass is 10.1. The van der Waals surface area contributed by atoms with Crippen LogP contribution in [0.2, 0.25) is 0 Å². The van der Waals surface area contributed by atoms with Crippen LogP contribution in [0.25, 0.3) is 6.08 Å². The molecule has 25 heavy (non-hydrogen) atoms. The topological polar surface area (TPSA) is 117 Å². The summed E-state index contributed by atoms with van der Waals surface area (Å²) in [4.78, 5) is 0.195. The van der Waals surface area contributed by atoms with Crippen LogP contribution < -0.4 is 5.32 Å². The maximum Gasteiger partial charge on any atom is 0.160 e. The number of benzene rings is 2. The van der Waals surface area contributed by atoms with Gasteiger partial charge in [-0.15, -0.1) is 0 Å². The van der Waals surface area contributed by atoms with Crippen molar-refractivity contribution in [2.24, 2.45) is 0 Å². The second-order valence-corrected chi connectivity index (χ2v) is 5.79. The number of hydrogen-bond donors (Lipinski definition) is 5. The van der Waals surface area contributed by atoms with E-state index in [4.69, 9.17) is 12.2 Å². The number of nitrogens with zero attached hydrogens (tertiary/aromatic N) is 1. The highest BCUT2D eigenvalue weighted by Crippen LogP contribution is 2.30. The first kappa shape index (κ1) is 18.1. The fraction of sp³-hybridized carbons (Fsp3) is 0.111. The normalized spacial score (nSPS) is 11.0. The van der Waals surface area contributed by atoms with E-state index >= 15 is 0 Å². The number of nitriles is 1. The van der Waals surface area contributed by atoms with Crippen molar-refractivity contribution in [3.63, 3.8) is 0 Å². The zero-order chi connectivity index (χ0) is 18.6. The first-order valence-corrected chi connectivity index (χ1v) is 7.66. The Morgan fingerprint density at radius 3 is 2.44 bits per heavy atom. The predicted molar refractivity (Wildman–Crippen MR) is 97.3 cm³/mol. The van der Waals surface area contributed by atoms with E-state index in [-0.39, 0.29) is 40.1 Å². The minimum atomic E-state index is -0.276. The van der Waals surface area contributed by atoms with E-state index in [9.17, 15) is 25.7 Å². The monoisotopic (exact) mass is 356 g/mol. The number of nitrogens with one attached hydrogen (secondary N) is 1. The van der Waals surface area contributed by atoms with Gasteiger partial charge in [0.15, 0.2) is 23.0 Å². The van der Waals surface area contributed by atoms with Gasteiger partial charge in [0.1, 0.15) is 11.1 Å². The molecule has 5 N–H and O–H groups in total. The Hall–Kier alpha value is -3.24. The number of hydrogen-bond acceptors (Lipinski definition) is 6. The number of aromatic hydroxyl groups is 4. The Morgan fingerprint density at radius 2 is 1.84 bits per heavy atom. The minimum Gasteiger partial charge on any atom is -0.504 e. The highest BCUT2D eigenvalue weighted by molar-refractivity contribution is 7.80.